The molecule has 2 rings (SSSR count). The van der Waals surface area contributed by atoms with E-state index in [1.165, 1.54) is 0 Å². The van der Waals surface area contributed by atoms with Gasteiger partial charge in [-0.15, -0.1) is 16.4 Å². The predicted octanol–water partition coefficient (Wildman–Crippen LogP) is 2.85. The van der Waals surface area contributed by atoms with Crippen LogP contribution in [0.3, 0.4) is 0 Å². The first-order valence-electron chi connectivity index (χ1n) is 5.75. The summed E-state index contributed by atoms with van der Waals surface area (Å²) in [7, 11) is 0. The van der Waals surface area contributed by atoms with Crippen molar-refractivity contribution in [3.63, 3.8) is 0 Å². The molecule has 0 saturated heterocycles. The molecule has 106 valence electrons. The summed E-state index contributed by atoms with van der Waals surface area (Å²) in [5.74, 6) is -1.44. The van der Waals surface area contributed by atoms with Crippen LogP contribution in [0.25, 0.3) is 0 Å². The highest BCUT2D eigenvalue weighted by atomic mass is 32.1. The molecule has 0 radical (unpaired) electrons. The van der Waals surface area contributed by atoms with Gasteiger partial charge in [-0.25, -0.2) is 4.79 Å². The molecule has 2 N–H and O–H groups in total. The number of aromatic carboxylic acids is 1. The molecule has 0 saturated carbocycles. The first kappa shape index (κ1) is 14.6. The third kappa shape index (κ3) is 2.86. The van der Waals surface area contributed by atoms with E-state index in [0.717, 1.165) is 22.9 Å². The fourth-order valence-electron chi connectivity index (χ4n) is 1.58. The summed E-state index contributed by atoms with van der Waals surface area (Å²) in [4.78, 5) is 23.8. The molecule has 0 aliphatic rings. The molecule has 8 heteroatoms. The number of carbonyl (C=O) groups excluding carboxylic acids is 1. The lowest BCUT2D eigenvalue weighted by Gasteiger charge is -2.16. The highest BCUT2D eigenvalue weighted by Gasteiger charge is 2.27. The van der Waals surface area contributed by atoms with Crippen LogP contribution in [0.15, 0.2) is 11.4 Å². The third-order valence-corrected chi connectivity index (χ3v) is 4.14. The van der Waals surface area contributed by atoms with Crippen molar-refractivity contribution in [3.8, 4) is 0 Å². The van der Waals surface area contributed by atoms with Crippen molar-refractivity contribution in [1.29, 1.82) is 0 Å². The molecule has 0 aromatic carbocycles. The maximum atomic E-state index is 12.2. The van der Waals surface area contributed by atoms with Gasteiger partial charge in [0.2, 0.25) is 0 Å². The molecule has 0 fully saturated rings. The summed E-state index contributed by atoms with van der Waals surface area (Å²) in [6.45, 7) is 5.81. The van der Waals surface area contributed by atoms with Gasteiger partial charge in [-0.05, 0) is 23.0 Å². The topological polar surface area (TPSA) is 92.2 Å². The fourth-order valence-corrected chi connectivity index (χ4v) is 3.04. The van der Waals surface area contributed by atoms with Crippen molar-refractivity contribution in [2.75, 3.05) is 5.32 Å². The zero-order valence-electron chi connectivity index (χ0n) is 11.1. The number of amides is 1. The van der Waals surface area contributed by atoms with E-state index in [1.807, 2.05) is 20.8 Å². The number of anilines is 1. The van der Waals surface area contributed by atoms with Crippen LogP contribution < -0.4 is 5.32 Å². The van der Waals surface area contributed by atoms with E-state index in [-0.39, 0.29) is 16.2 Å². The van der Waals surface area contributed by atoms with Gasteiger partial charge in [0.25, 0.3) is 5.91 Å². The van der Waals surface area contributed by atoms with Crippen LogP contribution in [0.1, 0.15) is 45.8 Å². The van der Waals surface area contributed by atoms with Crippen molar-refractivity contribution in [2.24, 2.45) is 0 Å². The minimum Gasteiger partial charge on any atom is -0.477 e. The Kier molecular flexibility index (Phi) is 3.87. The van der Waals surface area contributed by atoms with Gasteiger partial charge >= 0.3 is 5.97 Å². The van der Waals surface area contributed by atoms with Gasteiger partial charge in [0.05, 0.1) is 11.4 Å². The minimum atomic E-state index is -1.06. The lowest BCUT2D eigenvalue weighted by atomic mass is 9.91. The quantitative estimate of drug-likeness (QED) is 0.909. The summed E-state index contributed by atoms with van der Waals surface area (Å²) in [6, 6.07) is 1.57. The average Bonchev–Trinajstić information content (AvgIpc) is 2.95. The monoisotopic (exact) mass is 311 g/mol. The fraction of sp³-hybridized carbons (Fsp3) is 0.333. The molecule has 0 aliphatic heterocycles. The number of carbonyl (C=O) groups is 2. The largest absolute Gasteiger partial charge is 0.477 e. The number of thiophene rings is 1. The van der Waals surface area contributed by atoms with Crippen LogP contribution in [0, 0.1) is 0 Å². The van der Waals surface area contributed by atoms with Crippen molar-refractivity contribution in [1.82, 2.24) is 9.59 Å². The van der Waals surface area contributed by atoms with Gasteiger partial charge in [0.1, 0.15) is 9.75 Å². The summed E-state index contributed by atoms with van der Waals surface area (Å²) >= 11 is 2.07. The minimum absolute atomic E-state index is 0.105. The lowest BCUT2D eigenvalue weighted by molar-refractivity contribution is 0.0703. The van der Waals surface area contributed by atoms with E-state index in [0.29, 0.717) is 16.3 Å². The number of hydrogen-bond acceptors (Lipinski definition) is 6. The Morgan fingerprint density at radius 3 is 2.60 bits per heavy atom. The maximum Gasteiger partial charge on any atom is 0.348 e. The molecule has 20 heavy (non-hydrogen) atoms. The first-order valence-corrected chi connectivity index (χ1v) is 7.41. The van der Waals surface area contributed by atoms with Gasteiger partial charge in [-0.1, -0.05) is 25.3 Å². The van der Waals surface area contributed by atoms with Gasteiger partial charge in [0.15, 0.2) is 0 Å². The van der Waals surface area contributed by atoms with Gasteiger partial charge in [-0.2, -0.15) is 0 Å². The second-order valence-electron chi connectivity index (χ2n) is 5.12. The molecular weight excluding hydrogens is 298 g/mol. The molecular formula is C12H13N3O3S2. The number of hydrogen-bond donors (Lipinski definition) is 2. The number of rotatable bonds is 3. The number of aromatic nitrogens is 2. The molecule has 2 heterocycles. The number of nitrogens with one attached hydrogen (secondary N) is 1. The standard InChI is InChI=1S/C12H13N3O3S2/c1-12(2,3)9-8(20-15-14-9)10(16)13-6-4-5-19-7(6)11(17)18/h4-5H,1-3H3,(H,13,16)(H,17,18). The smallest absolute Gasteiger partial charge is 0.348 e. The molecule has 1 amide bonds. The van der Waals surface area contributed by atoms with E-state index in [4.69, 9.17) is 5.11 Å². The number of carboxylic acid groups (broad SMARTS) is 1. The molecule has 0 spiro atoms. The zero-order valence-corrected chi connectivity index (χ0v) is 12.8. The molecule has 2 aromatic heterocycles. The Hall–Kier alpha value is -1.80. The van der Waals surface area contributed by atoms with Crippen LogP contribution in [0.2, 0.25) is 0 Å². The van der Waals surface area contributed by atoms with E-state index in [2.05, 4.69) is 14.9 Å². The average molecular weight is 311 g/mol. The van der Waals surface area contributed by atoms with Crippen molar-refractivity contribution < 1.29 is 14.7 Å². The predicted molar refractivity (Wildman–Crippen MR) is 77.8 cm³/mol. The van der Waals surface area contributed by atoms with E-state index < -0.39 is 5.97 Å². The van der Waals surface area contributed by atoms with Crippen LogP contribution in [-0.2, 0) is 5.41 Å². The van der Waals surface area contributed by atoms with Gasteiger partial charge < -0.3 is 10.4 Å². The van der Waals surface area contributed by atoms with E-state index >= 15 is 0 Å². The van der Waals surface area contributed by atoms with Crippen LogP contribution in [0.5, 0.6) is 0 Å². The Morgan fingerprint density at radius 1 is 1.30 bits per heavy atom. The van der Waals surface area contributed by atoms with Gasteiger partial charge in [0, 0.05) is 5.41 Å². The summed E-state index contributed by atoms with van der Waals surface area (Å²) in [6.07, 6.45) is 0. The second kappa shape index (κ2) is 5.29. The molecule has 0 unspecified atom stereocenters. The highest BCUT2D eigenvalue weighted by Crippen LogP contribution is 2.28. The summed E-state index contributed by atoms with van der Waals surface area (Å²) < 4.78 is 3.81. The molecule has 0 bridgehead atoms. The van der Waals surface area contributed by atoms with Crippen LogP contribution in [0.4, 0.5) is 5.69 Å². The Balaban J connectivity index is 2.28. The molecule has 2 aromatic rings. The Morgan fingerprint density at radius 2 is 2.00 bits per heavy atom. The first-order chi connectivity index (χ1) is 9.30. The zero-order chi connectivity index (χ0) is 14.9. The van der Waals surface area contributed by atoms with Crippen LogP contribution >= 0.6 is 22.9 Å². The molecule has 0 atom stereocenters. The van der Waals surface area contributed by atoms with E-state index in [1.54, 1.807) is 11.4 Å². The number of nitrogens with zero attached hydrogens (tertiary/aromatic N) is 2. The Labute approximate surface area is 123 Å². The van der Waals surface area contributed by atoms with Crippen LogP contribution in [-0.4, -0.2) is 26.6 Å². The lowest BCUT2D eigenvalue weighted by Crippen LogP contribution is -2.20. The SMILES string of the molecule is CC(C)(C)c1nnsc1C(=O)Nc1ccsc1C(=O)O. The second-order valence-corrected chi connectivity index (χ2v) is 6.79. The summed E-state index contributed by atoms with van der Waals surface area (Å²) in [5.41, 5.74) is 0.595. The van der Waals surface area contributed by atoms with Crippen molar-refractivity contribution in [3.05, 3.63) is 26.9 Å². The number of carboxylic acids is 1. The van der Waals surface area contributed by atoms with Crippen molar-refractivity contribution in [2.45, 2.75) is 26.2 Å². The van der Waals surface area contributed by atoms with Crippen molar-refractivity contribution >= 4 is 40.4 Å². The Bertz CT molecular complexity index is 655. The maximum absolute atomic E-state index is 12.2. The van der Waals surface area contributed by atoms with Gasteiger partial charge in [-0.3, -0.25) is 4.79 Å². The molecule has 0 aliphatic carbocycles. The highest BCUT2D eigenvalue weighted by molar-refractivity contribution is 7.12. The third-order valence-electron chi connectivity index (χ3n) is 2.51. The summed E-state index contributed by atoms with van der Waals surface area (Å²) in [5, 5.41) is 17.2. The normalized spacial score (nSPS) is 11.3. The molecule has 6 nitrogen and oxygen atoms in total. The van der Waals surface area contributed by atoms with E-state index in [9.17, 15) is 9.59 Å².